The van der Waals surface area contributed by atoms with Gasteiger partial charge in [-0.25, -0.2) is 4.79 Å². The predicted octanol–water partition coefficient (Wildman–Crippen LogP) is 2.86. The van der Waals surface area contributed by atoms with Gasteiger partial charge in [-0.2, -0.15) is 0 Å². The van der Waals surface area contributed by atoms with Gasteiger partial charge in [-0.3, -0.25) is 0 Å². The zero-order valence-electron chi connectivity index (χ0n) is 9.37. The molecule has 2 aromatic rings. The summed E-state index contributed by atoms with van der Waals surface area (Å²) < 4.78 is 0. The molecule has 94 valence electrons. The highest BCUT2D eigenvalue weighted by molar-refractivity contribution is 7.15. The minimum absolute atomic E-state index is 0.303. The number of aryl methyl sites for hydroxylation is 2. The second kappa shape index (κ2) is 5.79. The van der Waals surface area contributed by atoms with Crippen LogP contribution in [0.1, 0.15) is 14.6 Å². The fourth-order valence-corrected chi connectivity index (χ4v) is 3.23. The average molecular weight is 281 g/mol. The third-order valence-corrected chi connectivity index (χ3v) is 4.48. The van der Waals surface area contributed by atoms with Crippen molar-refractivity contribution < 1.29 is 15.1 Å². The van der Waals surface area contributed by atoms with E-state index in [9.17, 15) is 4.79 Å². The maximum absolute atomic E-state index is 10.8. The van der Waals surface area contributed by atoms with E-state index in [-0.39, 0.29) is 5.71 Å². The number of aliphatic carboxylic acids is 1. The van der Waals surface area contributed by atoms with Gasteiger partial charge in [0.15, 0.2) is 0 Å². The van der Waals surface area contributed by atoms with Gasteiger partial charge < -0.3 is 10.3 Å². The summed E-state index contributed by atoms with van der Waals surface area (Å²) in [6, 6.07) is 7.65. The highest BCUT2D eigenvalue weighted by Gasteiger charge is 2.15. The number of hydrogen-bond donors (Lipinski definition) is 2. The van der Waals surface area contributed by atoms with Crippen LogP contribution in [0, 0.1) is 0 Å². The molecule has 0 spiro atoms. The molecule has 0 atom stereocenters. The van der Waals surface area contributed by atoms with Gasteiger partial charge in [0, 0.05) is 9.75 Å². The van der Waals surface area contributed by atoms with Gasteiger partial charge in [-0.05, 0) is 36.4 Å². The normalized spacial score (nSPS) is 11.7. The number of thiophene rings is 2. The Hall–Kier alpha value is -1.66. The maximum Gasteiger partial charge on any atom is 0.359 e. The van der Waals surface area contributed by atoms with Crippen molar-refractivity contribution in [2.45, 2.75) is 12.8 Å². The Balaban J connectivity index is 2.04. The minimum atomic E-state index is -1.22. The van der Waals surface area contributed by atoms with Gasteiger partial charge in [0.1, 0.15) is 0 Å². The number of carbonyl (C=O) groups is 1. The first kappa shape index (κ1) is 12.8. The summed E-state index contributed by atoms with van der Waals surface area (Å²) in [4.78, 5) is 13.7. The van der Waals surface area contributed by atoms with Crippen LogP contribution in [-0.2, 0) is 17.6 Å². The van der Waals surface area contributed by atoms with E-state index < -0.39 is 5.97 Å². The van der Waals surface area contributed by atoms with Gasteiger partial charge >= 0.3 is 5.97 Å². The summed E-state index contributed by atoms with van der Waals surface area (Å²) in [6.07, 6.45) is 1.81. The summed E-state index contributed by atoms with van der Waals surface area (Å²) in [5, 5.41) is 22.3. The molecule has 0 aliphatic heterocycles. The van der Waals surface area contributed by atoms with Crippen LogP contribution in [0.2, 0.25) is 0 Å². The van der Waals surface area contributed by atoms with Crippen LogP contribution < -0.4 is 0 Å². The largest absolute Gasteiger partial charge is 0.476 e. The SMILES string of the molecule is O=C(O)C(=NO)c1ccc(CCc2cccs2)s1. The molecule has 0 saturated carbocycles. The first-order valence-electron chi connectivity index (χ1n) is 5.27. The molecule has 2 N–H and O–H groups in total. The molecule has 0 aromatic carbocycles. The van der Waals surface area contributed by atoms with Gasteiger partial charge in [0.2, 0.25) is 5.71 Å². The number of oxime groups is 1. The molecule has 4 nitrogen and oxygen atoms in total. The van der Waals surface area contributed by atoms with E-state index in [2.05, 4.69) is 11.2 Å². The van der Waals surface area contributed by atoms with Crippen molar-refractivity contribution in [1.29, 1.82) is 0 Å². The lowest BCUT2D eigenvalue weighted by molar-refractivity contribution is -0.129. The Morgan fingerprint density at radius 1 is 1.22 bits per heavy atom. The molecule has 0 aliphatic rings. The van der Waals surface area contributed by atoms with Crippen molar-refractivity contribution in [2.75, 3.05) is 0 Å². The van der Waals surface area contributed by atoms with E-state index in [1.54, 1.807) is 17.4 Å². The Bertz CT molecular complexity index is 558. The van der Waals surface area contributed by atoms with E-state index in [1.807, 2.05) is 17.5 Å². The molecule has 0 amide bonds. The fourth-order valence-electron chi connectivity index (χ4n) is 1.54. The van der Waals surface area contributed by atoms with Crippen LogP contribution in [0.15, 0.2) is 34.8 Å². The van der Waals surface area contributed by atoms with Gasteiger partial charge in [-0.15, -0.1) is 22.7 Å². The van der Waals surface area contributed by atoms with Crippen molar-refractivity contribution in [1.82, 2.24) is 0 Å². The zero-order valence-corrected chi connectivity index (χ0v) is 11.0. The van der Waals surface area contributed by atoms with E-state index in [4.69, 9.17) is 10.3 Å². The van der Waals surface area contributed by atoms with Gasteiger partial charge in [0.25, 0.3) is 0 Å². The smallest absolute Gasteiger partial charge is 0.359 e. The van der Waals surface area contributed by atoms with Crippen molar-refractivity contribution in [3.05, 3.63) is 44.3 Å². The molecular formula is C12H11NO3S2. The van der Waals surface area contributed by atoms with Crippen molar-refractivity contribution in [2.24, 2.45) is 5.16 Å². The van der Waals surface area contributed by atoms with Crippen LogP contribution in [0.25, 0.3) is 0 Å². The summed E-state index contributed by atoms with van der Waals surface area (Å²) in [5.74, 6) is -1.22. The van der Waals surface area contributed by atoms with E-state index in [1.165, 1.54) is 16.2 Å². The fraction of sp³-hybridized carbons (Fsp3) is 0.167. The summed E-state index contributed by atoms with van der Waals surface area (Å²) >= 11 is 3.06. The molecule has 2 aromatic heterocycles. The summed E-state index contributed by atoms with van der Waals surface area (Å²) in [5.41, 5.74) is -0.303. The molecule has 18 heavy (non-hydrogen) atoms. The van der Waals surface area contributed by atoms with Crippen LogP contribution in [0.3, 0.4) is 0 Å². The number of nitrogens with zero attached hydrogens (tertiary/aromatic N) is 1. The summed E-state index contributed by atoms with van der Waals surface area (Å²) in [6.45, 7) is 0. The van der Waals surface area contributed by atoms with Gasteiger partial charge in [0.05, 0.1) is 4.88 Å². The second-order valence-electron chi connectivity index (χ2n) is 3.60. The molecule has 0 unspecified atom stereocenters. The van der Waals surface area contributed by atoms with E-state index in [0.717, 1.165) is 17.7 Å². The number of rotatable bonds is 5. The third-order valence-electron chi connectivity index (χ3n) is 2.40. The first-order valence-corrected chi connectivity index (χ1v) is 6.97. The molecule has 0 radical (unpaired) electrons. The third kappa shape index (κ3) is 2.96. The summed E-state index contributed by atoms with van der Waals surface area (Å²) in [7, 11) is 0. The highest BCUT2D eigenvalue weighted by atomic mass is 32.1. The Morgan fingerprint density at radius 3 is 2.61 bits per heavy atom. The van der Waals surface area contributed by atoms with Crippen molar-refractivity contribution in [3.8, 4) is 0 Å². The molecule has 6 heteroatoms. The lowest BCUT2D eigenvalue weighted by Gasteiger charge is -1.95. The average Bonchev–Trinajstić information content (AvgIpc) is 2.97. The lowest BCUT2D eigenvalue weighted by atomic mass is 10.2. The number of hydrogen-bond acceptors (Lipinski definition) is 5. The first-order chi connectivity index (χ1) is 8.70. The maximum atomic E-state index is 10.8. The van der Waals surface area contributed by atoms with E-state index in [0.29, 0.717) is 4.88 Å². The molecule has 0 fully saturated rings. The monoisotopic (exact) mass is 281 g/mol. The van der Waals surface area contributed by atoms with Gasteiger partial charge in [-0.1, -0.05) is 11.2 Å². The zero-order chi connectivity index (χ0) is 13.0. The topological polar surface area (TPSA) is 69.9 Å². The van der Waals surface area contributed by atoms with Crippen LogP contribution >= 0.6 is 22.7 Å². The highest BCUT2D eigenvalue weighted by Crippen LogP contribution is 2.20. The molecular weight excluding hydrogens is 270 g/mol. The number of carboxylic acids is 1. The van der Waals surface area contributed by atoms with Crippen LogP contribution in [0.5, 0.6) is 0 Å². The molecule has 0 saturated heterocycles. The Kier molecular flexibility index (Phi) is 4.11. The Labute approximate surface area is 112 Å². The predicted molar refractivity (Wildman–Crippen MR) is 72.0 cm³/mol. The molecule has 2 rings (SSSR count). The second-order valence-corrected chi connectivity index (χ2v) is 5.80. The molecule has 0 bridgehead atoms. The van der Waals surface area contributed by atoms with Crippen LogP contribution in [-0.4, -0.2) is 22.0 Å². The van der Waals surface area contributed by atoms with Crippen molar-refractivity contribution in [3.63, 3.8) is 0 Å². The van der Waals surface area contributed by atoms with E-state index >= 15 is 0 Å². The number of carboxylic acid groups (broad SMARTS) is 1. The molecule has 0 aliphatic carbocycles. The lowest BCUT2D eigenvalue weighted by Crippen LogP contribution is -2.12. The standard InChI is InChI=1S/C12H11NO3S2/c14-12(15)11(13-16)10-6-5-9(18-10)4-3-8-2-1-7-17-8/h1-2,5-7,16H,3-4H2,(H,14,15). The van der Waals surface area contributed by atoms with Crippen LogP contribution in [0.4, 0.5) is 0 Å². The quantitative estimate of drug-likeness (QED) is 0.503. The Morgan fingerprint density at radius 2 is 2.00 bits per heavy atom. The molecule has 2 heterocycles. The minimum Gasteiger partial charge on any atom is -0.476 e. The van der Waals surface area contributed by atoms with Crippen molar-refractivity contribution >= 4 is 34.4 Å².